The van der Waals surface area contributed by atoms with E-state index in [0.717, 1.165) is 0 Å². The molecule has 6 nitrogen and oxygen atoms in total. The minimum atomic E-state index is -1.15. The first-order valence-corrected chi connectivity index (χ1v) is 5.82. The number of carboxylic acid groups (broad SMARTS) is 1. The van der Waals surface area contributed by atoms with E-state index in [4.69, 9.17) is 5.11 Å². The maximum atomic E-state index is 11.9. The molecule has 3 N–H and O–H groups in total. The maximum absolute atomic E-state index is 11.9. The Labute approximate surface area is 114 Å². The Morgan fingerprint density at radius 2 is 1.95 bits per heavy atom. The van der Waals surface area contributed by atoms with Crippen molar-refractivity contribution in [3.8, 4) is 5.75 Å². The van der Waals surface area contributed by atoms with Gasteiger partial charge in [-0.25, -0.2) is 4.79 Å². The van der Waals surface area contributed by atoms with Gasteiger partial charge in [-0.1, -0.05) is 18.2 Å². The second-order valence-corrected chi connectivity index (χ2v) is 4.08. The Morgan fingerprint density at radius 3 is 2.65 bits per heavy atom. The number of para-hydroxylation sites is 1. The fourth-order valence-electron chi connectivity index (χ4n) is 1.71. The van der Waals surface area contributed by atoms with Gasteiger partial charge in [0.1, 0.15) is 5.75 Å². The van der Waals surface area contributed by atoms with Gasteiger partial charge in [0.05, 0.1) is 23.9 Å². The summed E-state index contributed by atoms with van der Waals surface area (Å²) in [6, 6.07) is 7.76. The van der Waals surface area contributed by atoms with Gasteiger partial charge >= 0.3 is 5.97 Å². The predicted octanol–water partition coefficient (Wildman–Crippen LogP) is 1.67. The summed E-state index contributed by atoms with van der Waals surface area (Å²) in [7, 11) is 0. The molecule has 0 fully saturated rings. The van der Waals surface area contributed by atoms with E-state index >= 15 is 0 Å². The number of hydrogen-bond acceptors (Lipinski definition) is 4. The van der Waals surface area contributed by atoms with Crippen molar-refractivity contribution in [3.05, 3.63) is 53.9 Å². The lowest BCUT2D eigenvalue weighted by molar-refractivity contribution is -0.115. The quantitative estimate of drug-likeness (QED) is 0.786. The minimum Gasteiger partial charge on any atom is -0.508 e. The number of aromatic carboxylic acids is 1. The summed E-state index contributed by atoms with van der Waals surface area (Å²) in [4.78, 5) is 26.6. The summed E-state index contributed by atoms with van der Waals surface area (Å²) in [5.41, 5.74) is 0.553. The Hall–Kier alpha value is -2.89. The summed E-state index contributed by atoms with van der Waals surface area (Å²) in [6.45, 7) is 0. The molecule has 0 radical (unpaired) electrons. The van der Waals surface area contributed by atoms with E-state index in [9.17, 15) is 14.7 Å². The number of aromatic nitrogens is 1. The number of carboxylic acids is 1. The number of carbonyl (C=O) groups excluding carboxylic acids is 1. The molecule has 0 bridgehead atoms. The zero-order valence-electron chi connectivity index (χ0n) is 10.4. The number of amides is 1. The predicted molar refractivity (Wildman–Crippen MR) is 71.6 cm³/mol. The lowest BCUT2D eigenvalue weighted by atomic mass is 10.1. The van der Waals surface area contributed by atoms with E-state index in [0.29, 0.717) is 5.56 Å². The molecule has 0 saturated carbocycles. The van der Waals surface area contributed by atoms with Crippen LogP contribution in [0.15, 0.2) is 42.7 Å². The van der Waals surface area contributed by atoms with Crippen molar-refractivity contribution in [3.63, 3.8) is 0 Å². The van der Waals surface area contributed by atoms with Crippen LogP contribution in [0.4, 0.5) is 5.69 Å². The molecule has 6 heteroatoms. The highest BCUT2D eigenvalue weighted by molar-refractivity contribution is 6.00. The molecular weight excluding hydrogens is 260 g/mol. The van der Waals surface area contributed by atoms with Gasteiger partial charge < -0.3 is 15.5 Å². The fraction of sp³-hybridized carbons (Fsp3) is 0.0714. The summed E-state index contributed by atoms with van der Waals surface area (Å²) in [6.07, 6.45) is 2.55. The molecule has 0 aliphatic rings. The number of phenolic OH excluding ortho intramolecular Hbond substituents is 1. The Bertz CT molecular complexity index is 655. The van der Waals surface area contributed by atoms with E-state index in [1.54, 1.807) is 18.2 Å². The zero-order chi connectivity index (χ0) is 14.5. The van der Waals surface area contributed by atoms with Crippen molar-refractivity contribution < 1.29 is 19.8 Å². The van der Waals surface area contributed by atoms with Crippen LogP contribution in [0, 0.1) is 0 Å². The zero-order valence-corrected chi connectivity index (χ0v) is 10.4. The summed E-state index contributed by atoms with van der Waals surface area (Å²) in [5.74, 6) is -1.56. The lowest BCUT2D eigenvalue weighted by Crippen LogP contribution is -2.17. The molecule has 20 heavy (non-hydrogen) atoms. The summed E-state index contributed by atoms with van der Waals surface area (Å²) in [5, 5.41) is 21.0. The van der Waals surface area contributed by atoms with E-state index in [1.165, 1.54) is 24.5 Å². The molecule has 0 spiro atoms. The second kappa shape index (κ2) is 5.83. The van der Waals surface area contributed by atoms with Crippen LogP contribution in [0.2, 0.25) is 0 Å². The molecule has 0 atom stereocenters. The van der Waals surface area contributed by atoms with E-state index < -0.39 is 11.9 Å². The molecular formula is C14H12N2O4. The topological polar surface area (TPSA) is 99.5 Å². The average Bonchev–Trinajstić information content (AvgIpc) is 2.41. The van der Waals surface area contributed by atoms with Crippen molar-refractivity contribution in [2.45, 2.75) is 6.42 Å². The number of nitrogens with one attached hydrogen (secondary N) is 1. The largest absolute Gasteiger partial charge is 0.508 e. The monoisotopic (exact) mass is 272 g/mol. The third kappa shape index (κ3) is 3.11. The smallest absolute Gasteiger partial charge is 0.337 e. The van der Waals surface area contributed by atoms with E-state index in [1.807, 2.05) is 0 Å². The van der Waals surface area contributed by atoms with E-state index in [2.05, 4.69) is 10.3 Å². The SMILES string of the molecule is O=C(Cc1ccccc1O)Nc1cnccc1C(=O)O. The highest BCUT2D eigenvalue weighted by Crippen LogP contribution is 2.18. The van der Waals surface area contributed by atoms with Gasteiger partial charge in [0.2, 0.25) is 5.91 Å². The van der Waals surface area contributed by atoms with Crippen molar-refractivity contribution in [1.82, 2.24) is 4.98 Å². The molecule has 0 saturated heterocycles. The van der Waals surface area contributed by atoms with Gasteiger partial charge in [0.25, 0.3) is 0 Å². The van der Waals surface area contributed by atoms with Gasteiger partial charge in [-0.05, 0) is 12.1 Å². The minimum absolute atomic E-state index is 0.0206. The van der Waals surface area contributed by atoms with Crippen molar-refractivity contribution in [2.24, 2.45) is 0 Å². The molecule has 1 amide bonds. The Kier molecular flexibility index (Phi) is 3.95. The number of carbonyl (C=O) groups is 2. The van der Waals surface area contributed by atoms with Crippen LogP contribution >= 0.6 is 0 Å². The fourth-order valence-corrected chi connectivity index (χ4v) is 1.71. The summed E-state index contributed by atoms with van der Waals surface area (Å²) >= 11 is 0. The van der Waals surface area contributed by atoms with Gasteiger partial charge in [0, 0.05) is 11.8 Å². The molecule has 0 aliphatic carbocycles. The number of benzene rings is 1. The van der Waals surface area contributed by atoms with Crippen LogP contribution in [0.25, 0.3) is 0 Å². The van der Waals surface area contributed by atoms with Gasteiger partial charge in [0.15, 0.2) is 0 Å². The first-order valence-electron chi connectivity index (χ1n) is 5.82. The van der Waals surface area contributed by atoms with Gasteiger partial charge in [-0.15, -0.1) is 0 Å². The van der Waals surface area contributed by atoms with Crippen molar-refractivity contribution in [1.29, 1.82) is 0 Å². The molecule has 1 heterocycles. The van der Waals surface area contributed by atoms with Gasteiger partial charge in [-0.2, -0.15) is 0 Å². The second-order valence-electron chi connectivity index (χ2n) is 4.08. The molecule has 2 aromatic rings. The maximum Gasteiger partial charge on any atom is 0.337 e. The third-order valence-corrected chi connectivity index (χ3v) is 2.67. The Morgan fingerprint density at radius 1 is 1.20 bits per heavy atom. The van der Waals surface area contributed by atoms with Crippen LogP contribution in [0.3, 0.4) is 0 Å². The van der Waals surface area contributed by atoms with Crippen LogP contribution in [0.5, 0.6) is 5.75 Å². The third-order valence-electron chi connectivity index (χ3n) is 2.67. The normalized spacial score (nSPS) is 10.0. The van der Waals surface area contributed by atoms with Crippen LogP contribution in [-0.2, 0) is 11.2 Å². The number of anilines is 1. The number of nitrogens with zero attached hydrogens (tertiary/aromatic N) is 1. The van der Waals surface area contributed by atoms with Crippen molar-refractivity contribution >= 4 is 17.6 Å². The van der Waals surface area contributed by atoms with E-state index in [-0.39, 0.29) is 23.4 Å². The number of hydrogen-bond donors (Lipinski definition) is 3. The van der Waals surface area contributed by atoms with Crippen LogP contribution in [-0.4, -0.2) is 27.1 Å². The first-order chi connectivity index (χ1) is 9.58. The molecule has 2 rings (SSSR count). The van der Waals surface area contributed by atoms with Crippen LogP contribution in [0.1, 0.15) is 15.9 Å². The number of phenols is 1. The highest BCUT2D eigenvalue weighted by Gasteiger charge is 2.13. The molecule has 0 aliphatic heterocycles. The number of rotatable bonds is 4. The van der Waals surface area contributed by atoms with Gasteiger partial charge in [-0.3, -0.25) is 9.78 Å². The average molecular weight is 272 g/mol. The standard InChI is InChI=1S/C14H12N2O4/c17-12-4-2-1-3-9(12)7-13(18)16-11-8-15-6-5-10(11)14(19)20/h1-6,8,17H,7H2,(H,16,18)(H,19,20). The highest BCUT2D eigenvalue weighted by atomic mass is 16.4. The molecule has 0 unspecified atom stereocenters. The first kappa shape index (κ1) is 13.5. The molecule has 1 aromatic heterocycles. The van der Waals surface area contributed by atoms with Crippen molar-refractivity contribution in [2.75, 3.05) is 5.32 Å². The molecule has 1 aromatic carbocycles. The summed E-state index contributed by atoms with van der Waals surface area (Å²) < 4.78 is 0. The number of pyridine rings is 1. The number of aromatic hydroxyl groups is 1. The Balaban J connectivity index is 2.13. The lowest BCUT2D eigenvalue weighted by Gasteiger charge is -2.08. The molecule has 102 valence electrons. The van der Waals surface area contributed by atoms with Crippen LogP contribution < -0.4 is 5.32 Å².